The number of halogens is 1. The Morgan fingerprint density at radius 2 is 1.86 bits per heavy atom. The number of hydrogen-bond acceptors (Lipinski definition) is 3. The van der Waals surface area contributed by atoms with Crippen molar-refractivity contribution in [3.63, 3.8) is 0 Å². The van der Waals surface area contributed by atoms with Crippen LogP contribution in [0.5, 0.6) is 0 Å². The van der Waals surface area contributed by atoms with Crippen molar-refractivity contribution in [1.29, 1.82) is 0 Å². The van der Waals surface area contributed by atoms with Crippen LogP contribution in [0, 0.1) is 5.82 Å². The van der Waals surface area contributed by atoms with Gasteiger partial charge in [0.1, 0.15) is 12.4 Å². The second kappa shape index (κ2) is 6.39. The lowest BCUT2D eigenvalue weighted by molar-refractivity contribution is 0.325. The van der Waals surface area contributed by atoms with Crippen LogP contribution in [-0.2, 0) is 11.2 Å². The summed E-state index contributed by atoms with van der Waals surface area (Å²) in [5.74, 6) is -0.216. The largest absolute Gasteiger partial charge is 0.463 e. The number of aliphatic imine (C=N–C) groups is 1. The number of rotatable bonds is 4. The van der Waals surface area contributed by atoms with Crippen LogP contribution < -0.4 is 5.32 Å². The topological polar surface area (TPSA) is 33.6 Å². The minimum absolute atomic E-state index is 0.0495. The SMILES string of the molecule is Fc1ccc(CC(NC2=NCCO2)c2ccccc2)cc1. The Labute approximate surface area is 123 Å². The van der Waals surface area contributed by atoms with Gasteiger partial charge in [-0.25, -0.2) is 9.38 Å². The Hall–Kier alpha value is -2.36. The van der Waals surface area contributed by atoms with E-state index in [2.05, 4.69) is 22.4 Å². The van der Waals surface area contributed by atoms with Crippen LogP contribution in [0.15, 0.2) is 59.6 Å². The molecule has 0 fully saturated rings. The highest BCUT2D eigenvalue weighted by Gasteiger charge is 2.17. The van der Waals surface area contributed by atoms with Gasteiger partial charge in [0.05, 0.1) is 12.6 Å². The first-order valence-corrected chi connectivity index (χ1v) is 7.04. The molecule has 1 unspecified atom stereocenters. The normalized spacial score (nSPS) is 15.2. The number of nitrogens with zero attached hydrogens (tertiary/aromatic N) is 1. The van der Waals surface area contributed by atoms with Crippen molar-refractivity contribution in [2.24, 2.45) is 4.99 Å². The molecule has 0 saturated heterocycles. The van der Waals surface area contributed by atoms with Gasteiger partial charge < -0.3 is 10.1 Å². The van der Waals surface area contributed by atoms with Crippen molar-refractivity contribution in [1.82, 2.24) is 5.32 Å². The molecule has 2 aromatic rings. The van der Waals surface area contributed by atoms with Crippen molar-refractivity contribution in [2.45, 2.75) is 12.5 Å². The smallest absolute Gasteiger partial charge is 0.285 e. The quantitative estimate of drug-likeness (QED) is 0.936. The Morgan fingerprint density at radius 1 is 1.10 bits per heavy atom. The molecule has 0 aliphatic carbocycles. The zero-order chi connectivity index (χ0) is 14.5. The predicted molar refractivity (Wildman–Crippen MR) is 80.7 cm³/mol. The highest BCUT2D eigenvalue weighted by atomic mass is 19.1. The highest BCUT2D eigenvalue weighted by molar-refractivity contribution is 5.75. The van der Waals surface area contributed by atoms with E-state index in [0.717, 1.165) is 17.5 Å². The van der Waals surface area contributed by atoms with Crippen molar-refractivity contribution in [3.8, 4) is 0 Å². The van der Waals surface area contributed by atoms with E-state index in [1.54, 1.807) is 0 Å². The molecule has 3 nitrogen and oxygen atoms in total. The summed E-state index contributed by atoms with van der Waals surface area (Å²) in [7, 11) is 0. The Balaban J connectivity index is 1.79. The van der Waals surface area contributed by atoms with Crippen LogP contribution in [0.4, 0.5) is 4.39 Å². The molecule has 1 aliphatic heterocycles. The molecule has 0 amide bonds. The molecule has 1 heterocycles. The van der Waals surface area contributed by atoms with Crippen LogP contribution in [0.25, 0.3) is 0 Å². The van der Waals surface area contributed by atoms with Crippen molar-refractivity contribution in [2.75, 3.05) is 13.2 Å². The van der Waals surface area contributed by atoms with Crippen molar-refractivity contribution < 1.29 is 9.13 Å². The summed E-state index contributed by atoms with van der Waals surface area (Å²) in [5.41, 5.74) is 2.22. The van der Waals surface area contributed by atoms with Crippen LogP contribution in [0.2, 0.25) is 0 Å². The first kappa shape index (κ1) is 13.6. The van der Waals surface area contributed by atoms with Crippen LogP contribution in [0.3, 0.4) is 0 Å². The Kier molecular flexibility index (Phi) is 4.15. The van der Waals surface area contributed by atoms with Gasteiger partial charge >= 0.3 is 0 Å². The third kappa shape index (κ3) is 3.60. The number of benzene rings is 2. The summed E-state index contributed by atoms with van der Waals surface area (Å²) < 4.78 is 18.5. The molecule has 21 heavy (non-hydrogen) atoms. The summed E-state index contributed by atoms with van der Waals surface area (Å²) in [4.78, 5) is 4.28. The fourth-order valence-electron chi connectivity index (χ4n) is 2.37. The molecule has 0 radical (unpaired) electrons. The van der Waals surface area contributed by atoms with Gasteiger partial charge in [-0.1, -0.05) is 42.5 Å². The predicted octanol–water partition coefficient (Wildman–Crippen LogP) is 3.09. The average molecular weight is 284 g/mol. The van der Waals surface area contributed by atoms with Gasteiger partial charge in [0.2, 0.25) is 0 Å². The van der Waals surface area contributed by atoms with Crippen LogP contribution >= 0.6 is 0 Å². The molecule has 108 valence electrons. The van der Waals surface area contributed by atoms with E-state index in [4.69, 9.17) is 4.74 Å². The second-order valence-corrected chi connectivity index (χ2v) is 4.97. The molecule has 0 saturated carbocycles. The number of hydrogen-bond donors (Lipinski definition) is 1. The monoisotopic (exact) mass is 284 g/mol. The minimum Gasteiger partial charge on any atom is -0.463 e. The Morgan fingerprint density at radius 3 is 2.52 bits per heavy atom. The third-order valence-corrected chi connectivity index (χ3v) is 3.44. The fourth-order valence-corrected chi connectivity index (χ4v) is 2.37. The highest BCUT2D eigenvalue weighted by Crippen LogP contribution is 2.19. The summed E-state index contributed by atoms with van der Waals surface area (Å²) in [6.07, 6.45) is 0.743. The van der Waals surface area contributed by atoms with E-state index in [9.17, 15) is 4.39 Å². The summed E-state index contributed by atoms with van der Waals surface area (Å²) in [6.45, 7) is 1.32. The lowest BCUT2D eigenvalue weighted by Gasteiger charge is -2.20. The maximum Gasteiger partial charge on any atom is 0.285 e. The van der Waals surface area contributed by atoms with Gasteiger partial charge in [-0.15, -0.1) is 0 Å². The first-order valence-electron chi connectivity index (χ1n) is 7.04. The van der Waals surface area contributed by atoms with Crippen molar-refractivity contribution in [3.05, 3.63) is 71.5 Å². The molecule has 3 rings (SSSR count). The third-order valence-electron chi connectivity index (χ3n) is 3.44. The molecule has 0 spiro atoms. The summed E-state index contributed by atoms with van der Waals surface area (Å²) in [5, 5.41) is 3.33. The molecule has 1 atom stereocenters. The van der Waals surface area contributed by atoms with E-state index in [0.29, 0.717) is 19.2 Å². The van der Waals surface area contributed by atoms with E-state index in [1.165, 1.54) is 12.1 Å². The summed E-state index contributed by atoms with van der Waals surface area (Å²) in [6, 6.07) is 17.4. The van der Waals surface area contributed by atoms with E-state index in [-0.39, 0.29) is 11.9 Å². The standard InChI is InChI=1S/C17H17FN2O/c18-15-8-6-13(7-9-15)12-16(14-4-2-1-3-5-14)20-17-19-10-11-21-17/h1-9,16H,10-12H2,(H,19,20). The molecule has 2 aromatic carbocycles. The average Bonchev–Trinajstić information content (AvgIpc) is 3.03. The maximum absolute atomic E-state index is 13.0. The van der Waals surface area contributed by atoms with Crippen LogP contribution in [-0.4, -0.2) is 19.2 Å². The maximum atomic E-state index is 13.0. The zero-order valence-corrected chi connectivity index (χ0v) is 11.6. The number of ether oxygens (including phenoxy) is 1. The van der Waals surface area contributed by atoms with E-state index < -0.39 is 0 Å². The second-order valence-electron chi connectivity index (χ2n) is 4.97. The molecule has 1 N–H and O–H groups in total. The number of nitrogens with one attached hydrogen (secondary N) is 1. The minimum atomic E-state index is -0.216. The molecule has 0 aromatic heterocycles. The van der Waals surface area contributed by atoms with Gasteiger partial charge in [-0.2, -0.15) is 0 Å². The molecular formula is C17H17FN2O. The molecular weight excluding hydrogens is 267 g/mol. The van der Waals surface area contributed by atoms with Crippen LogP contribution in [0.1, 0.15) is 17.2 Å². The molecule has 0 bridgehead atoms. The van der Waals surface area contributed by atoms with Crippen molar-refractivity contribution >= 4 is 6.02 Å². The van der Waals surface area contributed by atoms with Gasteiger partial charge in [0.15, 0.2) is 0 Å². The lowest BCUT2D eigenvalue weighted by atomic mass is 9.99. The van der Waals surface area contributed by atoms with E-state index >= 15 is 0 Å². The van der Waals surface area contributed by atoms with E-state index in [1.807, 2.05) is 30.3 Å². The van der Waals surface area contributed by atoms with Gasteiger partial charge in [0.25, 0.3) is 6.02 Å². The molecule has 1 aliphatic rings. The van der Waals surface area contributed by atoms with Gasteiger partial charge in [0, 0.05) is 0 Å². The van der Waals surface area contributed by atoms with Gasteiger partial charge in [-0.3, -0.25) is 0 Å². The first-order chi connectivity index (χ1) is 10.3. The lowest BCUT2D eigenvalue weighted by Crippen LogP contribution is -2.30. The zero-order valence-electron chi connectivity index (χ0n) is 11.6. The molecule has 4 heteroatoms. The number of amidine groups is 1. The van der Waals surface area contributed by atoms with Gasteiger partial charge in [-0.05, 0) is 29.7 Å². The Bertz CT molecular complexity index is 610. The summed E-state index contributed by atoms with van der Waals surface area (Å²) >= 11 is 0. The fraction of sp³-hybridized carbons (Fsp3) is 0.235.